The predicted molar refractivity (Wildman–Crippen MR) is 65.5 cm³/mol. The molecule has 0 amide bonds. The molecule has 0 heterocycles. The second kappa shape index (κ2) is 6.73. The number of nitriles is 1. The zero-order chi connectivity index (χ0) is 11.8. The minimum absolute atomic E-state index is 0.0973. The first-order chi connectivity index (χ1) is 7.72. The number of rotatable bonds is 6. The molecule has 0 radical (unpaired) electrons. The van der Waals surface area contributed by atoms with Crippen molar-refractivity contribution in [3.05, 3.63) is 24.3 Å². The second-order valence-corrected chi connectivity index (χ2v) is 4.08. The molecule has 1 N–H and O–H groups in total. The lowest BCUT2D eigenvalue weighted by Crippen LogP contribution is -2.04. The summed E-state index contributed by atoms with van der Waals surface area (Å²) >= 11 is 0. The van der Waals surface area contributed by atoms with Crippen molar-refractivity contribution in [1.29, 1.82) is 5.26 Å². The van der Waals surface area contributed by atoms with Crippen LogP contribution >= 0.6 is 0 Å². The van der Waals surface area contributed by atoms with Gasteiger partial charge in [0.2, 0.25) is 0 Å². The molecule has 0 aliphatic heterocycles. The molecular weight excluding hydrogens is 200 g/mol. The molecule has 1 rings (SSSR count). The summed E-state index contributed by atoms with van der Waals surface area (Å²) in [5, 5.41) is 11.7. The predicted octanol–water partition coefficient (Wildman–Crippen LogP) is 3.05. The third-order valence-corrected chi connectivity index (χ3v) is 2.21. The molecule has 0 aliphatic carbocycles. The molecule has 3 heteroatoms. The van der Waals surface area contributed by atoms with Crippen molar-refractivity contribution in [2.45, 2.75) is 20.3 Å². The minimum atomic E-state index is 0.0973. The van der Waals surface area contributed by atoms with Crippen LogP contribution in [0.4, 0.5) is 5.69 Å². The lowest BCUT2D eigenvalue weighted by molar-refractivity contribution is 0.368. The van der Waals surface area contributed by atoms with Crippen LogP contribution in [-0.4, -0.2) is 13.2 Å². The van der Waals surface area contributed by atoms with Crippen LogP contribution in [0.2, 0.25) is 0 Å². The van der Waals surface area contributed by atoms with Crippen molar-refractivity contribution in [2.24, 2.45) is 5.92 Å². The monoisotopic (exact) mass is 218 g/mol. The highest BCUT2D eigenvalue weighted by molar-refractivity contribution is 5.46. The van der Waals surface area contributed by atoms with Crippen molar-refractivity contribution in [3.63, 3.8) is 0 Å². The molecule has 0 saturated heterocycles. The van der Waals surface area contributed by atoms with E-state index in [2.05, 4.69) is 19.2 Å². The Balaban J connectivity index is 2.36. The number of hydrogen-bond acceptors (Lipinski definition) is 3. The fourth-order valence-corrected chi connectivity index (χ4v) is 1.29. The summed E-state index contributed by atoms with van der Waals surface area (Å²) in [6.45, 7) is 5.50. The Labute approximate surface area is 97.0 Å². The summed E-state index contributed by atoms with van der Waals surface area (Å²) < 4.78 is 5.16. The van der Waals surface area contributed by atoms with Gasteiger partial charge in [-0.1, -0.05) is 13.8 Å². The topological polar surface area (TPSA) is 45.0 Å². The van der Waals surface area contributed by atoms with Crippen LogP contribution in [0.15, 0.2) is 24.3 Å². The van der Waals surface area contributed by atoms with Gasteiger partial charge in [0.25, 0.3) is 0 Å². The number of nitrogens with one attached hydrogen (secondary N) is 1. The number of benzene rings is 1. The molecule has 86 valence electrons. The van der Waals surface area contributed by atoms with Crippen molar-refractivity contribution < 1.29 is 4.74 Å². The Morgan fingerprint density at radius 3 is 2.56 bits per heavy atom. The summed E-state index contributed by atoms with van der Waals surface area (Å²) in [7, 11) is 0. The number of ether oxygens (including phenoxy) is 1. The lowest BCUT2D eigenvalue weighted by atomic mass is 10.1. The van der Waals surface area contributed by atoms with Gasteiger partial charge in [-0.25, -0.2) is 0 Å². The van der Waals surface area contributed by atoms with Crippen LogP contribution in [0.5, 0.6) is 5.75 Å². The smallest absolute Gasteiger partial charge is 0.174 e. The first kappa shape index (κ1) is 12.4. The third-order valence-electron chi connectivity index (χ3n) is 2.21. The first-order valence-electron chi connectivity index (χ1n) is 5.56. The fraction of sp³-hybridized carbons (Fsp3) is 0.462. The lowest BCUT2D eigenvalue weighted by Gasteiger charge is -2.09. The average Bonchev–Trinajstić information content (AvgIpc) is 2.27. The highest BCUT2D eigenvalue weighted by atomic mass is 16.5. The number of hydrogen-bond donors (Lipinski definition) is 1. The second-order valence-electron chi connectivity index (χ2n) is 4.08. The number of anilines is 1. The Kier molecular flexibility index (Phi) is 5.21. The molecule has 0 aliphatic rings. The summed E-state index contributed by atoms with van der Waals surface area (Å²) in [6.07, 6.45) is 1.16. The maximum Gasteiger partial charge on any atom is 0.174 e. The normalized spacial score (nSPS) is 9.88. The zero-order valence-corrected chi connectivity index (χ0v) is 9.86. The summed E-state index contributed by atoms with van der Waals surface area (Å²) in [5.41, 5.74) is 1.09. The van der Waals surface area contributed by atoms with Gasteiger partial charge in [0, 0.05) is 12.2 Å². The van der Waals surface area contributed by atoms with E-state index in [0.29, 0.717) is 5.92 Å². The average molecular weight is 218 g/mol. The highest BCUT2D eigenvalue weighted by Crippen LogP contribution is 2.15. The summed E-state index contributed by atoms with van der Waals surface area (Å²) in [5.74, 6) is 1.45. The molecule has 16 heavy (non-hydrogen) atoms. The maximum atomic E-state index is 8.36. The Morgan fingerprint density at radius 2 is 2.00 bits per heavy atom. The van der Waals surface area contributed by atoms with Crippen molar-refractivity contribution >= 4 is 5.69 Å². The molecule has 0 spiro atoms. The van der Waals surface area contributed by atoms with E-state index in [1.165, 1.54) is 0 Å². The van der Waals surface area contributed by atoms with Crippen LogP contribution in [0.1, 0.15) is 20.3 Å². The zero-order valence-electron chi connectivity index (χ0n) is 9.86. The summed E-state index contributed by atoms with van der Waals surface area (Å²) in [6, 6.07) is 9.61. The highest BCUT2D eigenvalue weighted by Gasteiger charge is 1.96. The molecule has 3 nitrogen and oxygen atoms in total. The van der Waals surface area contributed by atoms with Gasteiger partial charge in [0.15, 0.2) is 6.61 Å². The van der Waals surface area contributed by atoms with E-state index in [1.54, 1.807) is 0 Å². The molecule has 1 aromatic rings. The SMILES string of the molecule is CC(C)CCNc1ccc(OCC#N)cc1. The van der Waals surface area contributed by atoms with E-state index >= 15 is 0 Å². The largest absolute Gasteiger partial charge is 0.479 e. The fourth-order valence-electron chi connectivity index (χ4n) is 1.29. The van der Waals surface area contributed by atoms with Gasteiger partial charge in [-0.3, -0.25) is 0 Å². The van der Waals surface area contributed by atoms with Gasteiger partial charge in [0.05, 0.1) is 0 Å². The van der Waals surface area contributed by atoms with Crippen LogP contribution in [0, 0.1) is 17.2 Å². The standard InChI is InChI=1S/C13H18N2O/c1-11(2)7-9-15-12-3-5-13(6-4-12)16-10-8-14/h3-6,11,15H,7,9-10H2,1-2H3. The van der Waals surface area contributed by atoms with Gasteiger partial charge in [-0.15, -0.1) is 0 Å². The van der Waals surface area contributed by atoms with Gasteiger partial charge in [-0.2, -0.15) is 5.26 Å². The molecule has 0 saturated carbocycles. The Bertz CT molecular complexity index is 338. The molecular formula is C13H18N2O. The Hall–Kier alpha value is -1.69. The molecule has 0 unspecified atom stereocenters. The van der Waals surface area contributed by atoms with Crippen molar-refractivity contribution in [3.8, 4) is 11.8 Å². The molecule has 0 bridgehead atoms. The summed E-state index contributed by atoms with van der Waals surface area (Å²) in [4.78, 5) is 0. The van der Waals surface area contributed by atoms with Gasteiger partial charge in [-0.05, 0) is 36.6 Å². The molecule has 0 fully saturated rings. The number of nitrogens with zero attached hydrogens (tertiary/aromatic N) is 1. The van der Waals surface area contributed by atoms with E-state index in [0.717, 1.165) is 24.4 Å². The maximum absolute atomic E-state index is 8.36. The van der Waals surface area contributed by atoms with Crippen molar-refractivity contribution in [2.75, 3.05) is 18.5 Å². The van der Waals surface area contributed by atoms with Gasteiger partial charge in [0.1, 0.15) is 11.8 Å². The quantitative estimate of drug-likeness (QED) is 0.798. The molecule has 1 aromatic carbocycles. The van der Waals surface area contributed by atoms with E-state index in [4.69, 9.17) is 10.00 Å². The molecule has 0 aromatic heterocycles. The Morgan fingerprint density at radius 1 is 1.31 bits per heavy atom. The molecule has 0 atom stereocenters. The van der Waals surface area contributed by atoms with Crippen LogP contribution in [0.3, 0.4) is 0 Å². The first-order valence-corrected chi connectivity index (χ1v) is 5.56. The van der Waals surface area contributed by atoms with E-state index in [-0.39, 0.29) is 6.61 Å². The van der Waals surface area contributed by atoms with E-state index < -0.39 is 0 Å². The van der Waals surface area contributed by atoms with Crippen molar-refractivity contribution in [1.82, 2.24) is 0 Å². The van der Waals surface area contributed by atoms with Crippen LogP contribution in [-0.2, 0) is 0 Å². The van der Waals surface area contributed by atoms with E-state index in [9.17, 15) is 0 Å². The minimum Gasteiger partial charge on any atom is -0.479 e. The van der Waals surface area contributed by atoms with E-state index in [1.807, 2.05) is 30.3 Å². The van der Waals surface area contributed by atoms with Gasteiger partial charge >= 0.3 is 0 Å². The van der Waals surface area contributed by atoms with Crippen LogP contribution < -0.4 is 10.1 Å². The van der Waals surface area contributed by atoms with Crippen LogP contribution in [0.25, 0.3) is 0 Å². The third kappa shape index (κ3) is 4.70. The van der Waals surface area contributed by atoms with Gasteiger partial charge < -0.3 is 10.1 Å².